The molecule has 0 aliphatic heterocycles. The minimum atomic E-state index is -4.53. The zero-order valence-electron chi connectivity index (χ0n) is 64.2. The van der Waals surface area contributed by atoms with Crippen molar-refractivity contribution in [1.29, 1.82) is 0 Å². The molecular formula is C69H70N4OPt-2. The molecule has 6 heteroatoms. The third-order valence-corrected chi connectivity index (χ3v) is 13.3. The van der Waals surface area contributed by atoms with Crippen molar-refractivity contribution in [2.24, 2.45) is 5.41 Å². The van der Waals surface area contributed by atoms with E-state index in [2.05, 4.69) is 24.5 Å². The van der Waals surface area contributed by atoms with Crippen LogP contribution in [0.25, 0.3) is 72.3 Å². The maximum atomic E-state index is 10.3. The van der Waals surface area contributed by atoms with Crippen LogP contribution in [0.3, 0.4) is 0 Å². The van der Waals surface area contributed by atoms with E-state index in [0.717, 1.165) is 27.4 Å². The predicted octanol–water partition coefficient (Wildman–Crippen LogP) is 17.5. The minimum Gasteiger partial charge on any atom is -0.510 e. The second-order valence-electron chi connectivity index (χ2n) is 22.2. The Bertz CT molecular complexity index is 4680. The summed E-state index contributed by atoms with van der Waals surface area (Å²) in [6, 6.07) is 40.7. The standard InChI is InChI=1S/C69H70N4O.Pt/c1-65(2,3)43-45-32-35-70-63(36-45)73-59-25-15-14-22-55(59)56-30-29-52(42-62(56)73)74-51-21-18-20-50(41-51)71-44-72(61-27-17-16-26-60(61)71)64-53(46-28-31-57-58(39-46)69(12,13)34-33-68(57,10)11)23-19-24-54(64)47-37-48(66(4,5)6)40-49(38-47)67(7,8)9;/h14-32,35-40H,33-34,43H2,1-13H3;/q-2;/i10D3,11D3,12D3,13D3,28D,31D,33D2,34D2,39D,43D2;. The molecule has 75 heavy (non-hydrogen) atoms. The third-order valence-electron chi connectivity index (χ3n) is 13.3. The molecule has 0 saturated heterocycles. The van der Waals surface area contributed by atoms with E-state index < -0.39 is 108 Å². The molecule has 0 atom stereocenters. The van der Waals surface area contributed by atoms with Crippen molar-refractivity contribution < 1.29 is 59.2 Å². The van der Waals surface area contributed by atoms with Crippen LogP contribution >= 0.6 is 0 Å². The Morgan fingerprint density at radius 3 is 2.04 bits per heavy atom. The number of nitrogens with zero attached hydrogens (tertiary/aromatic N) is 4. The SMILES string of the molecule is [2H]c1c([2H])c2c(c([2H])c1-c1cccc(-c3cc(C(C)(C)C)cc(C(C)(C)C)c3)c1-[n+]1[c-]n(-c3[c-]c(Oc4[c-]c5c(cc4)c4ccccc4n5-c4cc(C([2H])([2H])C(C)(C)C)ccn4)ccc3)c3ccccc31)C(C([2H])([2H])[2H])(C([2H])([2H])[2H])C([2H])([2H])C([2H])([2H])C2(C([2H])([2H])[2H])C([2H])([2H])[2H].[Pt]. The van der Waals surface area contributed by atoms with Crippen molar-refractivity contribution in [3.63, 3.8) is 0 Å². The van der Waals surface area contributed by atoms with Crippen molar-refractivity contribution in [2.75, 3.05) is 0 Å². The summed E-state index contributed by atoms with van der Waals surface area (Å²) in [6.07, 6.45) is -5.70. The van der Waals surface area contributed by atoms with Gasteiger partial charge in [-0.1, -0.05) is 192 Å². The second kappa shape index (κ2) is 18.9. The average Bonchev–Trinajstić information content (AvgIpc) is 0.768. The van der Waals surface area contributed by atoms with Gasteiger partial charge in [0.1, 0.15) is 5.82 Å². The zero-order chi connectivity index (χ0) is 70.1. The zero-order valence-corrected chi connectivity index (χ0v) is 45.5. The number of fused-ring (bicyclic) bond motifs is 5. The summed E-state index contributed by atoms with van der Waals surface area (Å²) in [5.41, 5.74) is -8.48. The number of benzene rings is 7. The average molecular weight is 1190 g/mol. The first-order valence-electron chi connectivity index (χ1n) is 35.1. The van der Waals surface area contributed by atoms with Crippen LogP contribution in [0.2, 0.25) is 0 Å². The van der Waals surface area contributed by atoms with E-state index in [-0.39, 0.29) is 43.8 Å². The van der Waals surface area contributed by atoms with Gasteiger partial charge in [-0.2, -0.15) is 18.2 Å². The van der Waals surface area contributed by atoms with Gasteiger partial charge in [0.15, 0.2) is 0 Å². The molecule has 0 N–H and O–H groups in total. The summed E-state index contributed by atoms with van der Waals surface area (Å²) in [5, 5.41) is 1.73. The van der Waals surface area contributed by atoms with E-state index >= 15 is 0 Å². The first kappa shape index (κ1) is 32.1. The molecule has 1 aliphatic rings. The van der Waals surface area contributed by atoms with Crippen LogP contribution in [0.1, 0.15) is 159 Å². The Hall–Kier alpha value is -6.55. The van der Waals surface area contributed by atoms with E-state index in [4.69, 9.17) is 28.9 Å². The van der Waals surface area contributed by atoms with Crippen LogP contribution in [0.4, 0.5) is 0 Å². The smallest absolute Gasteiger partial charge is 0.268 e. The van der Waals surface area contributed by atoms with Crippen LogP contribution in [-0.4, -0.2) is 14.1 Å². The summed E-state index contributed by atoms with van der Waals surface area (Å²) in [7, 11) is 0. The van der Waals surface area contributed by atoms with Crippen molar-refractivity contribution in [3.8, 4) is 50.9 Å². The Morgan fingerprint density at radius 1 is 0.680 bits per heavy atom. The molecule has 0 radical (unpaired) electrons. The van der Waals surface area contributed by atoms with Gasteiger partial charge in [-0.25, -0.2) is 4.98 Å². The van der Waals surface area contributed by atoms with E-state index in [0.29, 0.717) is 44.7 Å². The van der Waals surface area contributed by atoms with Gasteiger partial charge in [0.2, 0.25) is 0 Å². The number of rotatable bonds is 8. The molecule has 7 aromatic carbocycles. The third kappa shape index (κ3) is 9.83. The first-order valence-corrected chi connectivity index (χ1v) is 24.6. The Kier molecular flexibility index (Phi) is 8.11. The molecule has 3 aromatic heterocycles. The molecule has 384 valence electrons. The van der Waals surface area contributed by atoms with Crippen molar-refractivity contribution in [3.05, 3.63) is 198 Å². The second-order valence-corrected chi connectivity index (χ2v) is 22.2. The molecular weight excluding hydrogens is 1100 g/mol. The minimum absolute atomic E-state index is 0. The topological polar surface area (TPSA) is 35.9 Å². The van der Waals surface area contributed by atoms with Crippen molar-refractivity contribution >= 4 is 32.8 Å². The summed E-state index contributed by atoms with van der Waals surface area (Å²) in [6.45, 7) is 0.760. The van der Waals surface area contributed by atoms with Gasteiger partial charge in [-0.3, -0.25) is 4.57 Å². The number of aromatic nitrogens is 4. The van der Waals surface area contributed by atoms with Gasteiger partial charge >= 0.3 is 0 Å². The molecule has 10 aromatic rings. The molecule has 3 heterocycles. The van der Waals surface area contributed by atoms with Gasteiger partial charge in [-0.15, -0.1) is 29.7 Å². The summed E-state index contributed by atoms with van der Waals surface area (Å²) >= 11 is 0. The van der Waals surface area contributed by atoms with Gasteiger partial charge < -0.3 is 13.9 Å². The molecule has 11 rings (SSSR count). The Morgan fingerprint density at radius 2 is 1.33 bits per heavy atom. The molecule has 0 saturated carbocycles. The predicted molar refractivity (Wildman–Crippen MR) is 307 cm³/mol. The monoisotopic (exact) mass is 1190 g/mol. The Labute approximate surface area is 489 Å². The van der Waals surface area contributed by atoms with Gasteiger partial charge in [0.25, 0.3) is 6.33 Å². The molecule has 0 unspecified atom stereocenters. The molecule has 0 fully saturated rings. The molecule has 0 amide bonds. The number of imidazole rings is 1. The maximum Gasteiger partial charge on any atom is 0.268 e. The van der Waals surface area contributed by atoms with Crippen LogP contribution in [-0.2, 0) is 49.1 Å². The van der Waals surface area contributed by atoms with Crippen LogP contribution in [0, 0.1) is 23.9 Å². The number of hydrogen-bond donors (Lipinski definition) is 0. The molecule has 5 nitrogen and oxygen atoms in total. The number of ether oxygens (including phenoxy) is 1. The van der Waals surface area contributed by atoms with E-state index in [9.17, 15) is 9.60 Å². The Balaban J connectivity index is 0.0000100. The number of pyridine rings is 1. The van der Waals surface area contributed by atoms with Crippen LogP contribution < -0.4 is 9.30 Å². The first-order chi connectivity index (χ1) is 43.6. The van der Waals surface area contributed by atoms with E-state index in [1.54, 1.807) is 88.1 Å². The van der Waals surface area contributed by atoms with Crippen LogP contribution in [0.15, 0.2) is 152 Å². The fourth-order valence-corrected chi connectivity index (χ4v) is 9.66. The summed E-state index contributed by atoms with van der Waals surface area (Å²) in [4.78, 5) is 4.73. The number of para-hydroxylation sites is 4. The summed E-state index contributed by atoms with van der Waals surface area (Å²) < 4.78 is 206. The summed E-state index contributed by atoms with van der Waals surface area (Å²) in [5.74, 6) is 0.978. The fourth-order valence-electron chi connectivity index (χ4n) is 9.66. The molecule has 0 bridgehead atoms. The van der Waals surface area contributed by atoms with E-state index in [1.165, 1.54) is 6.07 Å². The molecule has 1 aliphatic carbocycles. The van der Waals surface area contributed by atoms with Crippen LogP contribution in [0.5, 0.6) is 11.5 Å². The van der Waals surface area contributed by atoms with Crippen molar-refractivity contribution in [1.82, 2.24) is 14.1 Å². The number of hydrogen-bond acceptors (Lipinski definition) is 2. The van der Waals surface area contributed by atoms with E-state index in [1.807, 2.05) is 109 Å². The van der Waals surface area contributed by atoms with Crippen molar-refractivity contribution in [2.45, 2.75) is 130 Å². The van der Waals surface area contributed by atoms with Gasteiger partial charge in [0, 0.05) is 69.0 Å². The maximum absolute atomic E-state index is 10.3. The van der Waals surface area contributed by atoms with Gasteiger partial charge in [-0.05, 0) is 126 Å². The normalized spacial score (nSPS) is 20.8. The quantitative estimate of drug-likeness (QED) is 0.112. The fraction of sp³-hybridized carbons (Fsp3) is 0.304. The largest absolute Gasteiger partial charge is 0.510 e. The van der Waals surface area contributed by atoms with Gasteiger partial charge in [0.05, 0.1) is 20.8 Å². The molecule has 0 spiro atoms.